The third-order valence-electron chi connectivity index (χ3n) is 3.48. The minimum Gasteiger partial charge on any atom is -0.478 e. The van der Waals surface area contributed by atoms with Crippen molar-refractivity contribution in [2.24, 2.45) is 0 Å². The summed E-state index contributed by atoms with van der Waals surface area (Å²) in [6, 6.07) is 11.1. The van der Waals surface area contributed by atoms with Crippen LogP contribution in [0.15, 0.2) is 54.7 Å². The molecule has 0 aliphatic heterocycles. The van der Waals surface area contributed by atoms with Crippen molar-refractivity contribution in [2.45, 2.75) is 6.18 Å². The average molecular weight is 317 g/mol. The number of carbonyl (C=O) groups is 1. The molecule has 6 heteroatoms. The van der Waals surface area contributed by atoms with E-state index in [1.807, 2.05) is 0 Å². The standard InChI is InChI=1S/C17H10F3NO2/c18-17(19,20)14-5-3-10(4-6-14)13-7-11-1-2-12(16(22)23)8-15(11)21-9-13/h1-9H,(H,22,23). The number of pyridine rings is 1. The van der Waals surface area contributed by atoms with E-state index in [0.717, 1.165) is 12.1 Å². The van der Waals surface area contributed by atoms with Crippen LogP contribution < -0.4 is 0 Å². The summed E-state index contributed by atoms with van der Waals surface area (Å²) in [6.45, 7) is 0. The zero-order valence-corrected chi connectivity index (χ0v) is 11.6. The van der Waals surface area contributed by atoms with Crippen LogP contribution in [0.3, 0.4) is 0 Å². The molecular formula is C17H10F3NO2. The Balaban J connectivity index is 2.00. The highest BCUT2D eigenvalue weighted by atomic mass is 19.4. The van der Waals surface area contributed by atoms with Crippen LogP contribution in [0.1, 0.15) is 15.9 Å². The van der Waals surface area contributed by atoms with Gasteiger partial charge in [-0.05, 0) is 35.9 Å². The summed E-state index contributed by atoms with van der Waals surface area (Å²) in [6.07, 6.45) is -2.86. The highest BCUT2D eigenvalue weighted by Gasteiger charge is 2.29. The molecule has 1 heterocycles. The van der Waals surface area contributed by atoms with Gasteiger partial charge in [-0.1, -0.05) is 18.2 Å². The van der Waals surface area contributed by atoms with Gasteiger partial charge in [0, 0.05) is 17.1 Å². The molecule has 1 aromatic heterocycles. The Kier molecular flexibility index (Phi) is 3.52. The van der Waals surface area contributed by atoms with E-state index in [0.29, 0.717) is 22.0 Å². The van der Waals surface area contributed by atoms with Gasteiger partial charge >= 0.3 is 12.1 Å². The maximum Gasteiger partial charge on any atom is 0.416 e. The van der Waals surface area contributed by atoms with Gasteiger partial charge in [0.05, 0.1) is 16.6 Å². The Morgan fingerprint density at radius 2 is 1.65 bits per heavy atom. The molecule has 3 nitrogen and oxygen atoms in total. The summed E-state index contributed by atoms with van der Waals surface area (Å²) in [5.41, 5.74) is 1.21. The smallest absolute Gasteiger partial charge is 0.416 e. The van der Waals surface area contributed by atoms with E-state index in [1.54, 1.807) is 12.1 Å². The number of halogens is 3. The molecule has 0 amide bonds. The number of rotatable bonds is 2. The van der Waals surface area contributed by atoms with Crippen LogP contribution in [0.4, 0.5) is 13.2 Å². The fraction of sp³-hybridized carbons (Fsp3) is 0.0588. The Morgan fingerprint density at radius 1 is 0.957 bits per heavy atom. The van der Waals surface area contributed by atoms with Gasteiger partial charge in [-0.15, -0.1) is 0 Å². The molecule has 23 heavy (non-hydrogen) atoms. The summed E-state index contributed by atoms with van der Waals surface area (Å²) in [7, 11) is 0. The molecule has 0 saturated carbocycles. The number of fused-ring (bicyclic) bond motifs is 1. The highest BCUT2D eigenvalue weighted by Crippen LogP contribution is 2.31. The van der Waals surface area contributed by atoms with Crippen LogP contribution in [-0.4, -0.2) is 16.1 Å². The molecule has 0 aliphatic rings. The fourth-order valence-corrected chi connectivity index (χ4v) is 2.26. The maximum atomic E-state index is 12.6. The fourth-order valence-electron chi connectivity index (χ4n) is 2.26. The van der Waals surface area contributed by atoms with E-state index in [9.17, 15) is 18.0 Å². The molecular weight excluding hydrogens is 307 g/mol. The van der Waals surface area contributed by atoms with Gasteiger partial charge in [-0.3, -0.25) is 4.98 Å². The number of aromatic carboxylic acids is 1. The summed E-state index contributed by atoms with van der Waals surface area (Å²) in [5, 5.41) is 9.66. The van der Waals surface area contributed by atoms with Crippen molar-refractivity contribution in [3.63, 3.8) is 0 Å². The minimum absolute atomic E-state index is 0.132. The van der Waals surface area contributed by atoms with E-state index in [-0.39, 0.29) is 5.56 Å². The Morgan fingerprint density at radius 3 is 2.26 bits per heavy atom. The molecule has 0 fully saturated rings. The number of hydrogen-bond acceptors (Lipinski definition) is 2. The van der Waals surface area contributed by atoms with Crippen molar-refractivity contribution >= 4 is 16.9 Å². The van der Waals surface area contributed by atoms with Gasteiger partial charge < -0.3 is 5.11 Å². The monoisotopic (exact) mass is 317 g/mol. The molecule has 2 aromatic carbocycles. The van der Waals surface area contributed by atoms with Crippen molar-refractivity contribution < 1.29 is 23.1 Å². The molecule has 116 valence electrons. The van der Waals surface area contributed by atoms with Crippen LogP contribution >= 0.6 is 0 Å². The normalized spacial score (nSPS) is 11.6. The second-order valence-corrected chi connectivity index (χ2v) is 5.01. The van der Waals surface area contributed by atoms with Crippen LogP contribution in [0.25, 0.3) is 22.0 Å². The molecule has 0 unspecified atom stereocenters. The predicted octanol–water partition coefficient (Wildman–Crippen LogP) is 4.62. The van der Waals surface area contributed by atoms with Crippen LogP contribution in [0.2, 0.25) is 0 Å². The molecule has 0 spiro atoms. The maximum absolute atomic E-state index is 12.6. The first-order valence-corrected chi connectivity index (χ1v) is 6.65. The number of carboxylic acids is 1. The second kappa shape index (κ2) is 5.39. The number of alkyl halides is 3. The lowest BCUT2D eigenvalue weighted by Crippen LogP contribution is -2.04. The lowest BCUT2D eigenvalue weighted by molar-refractivity contribution is -0.137. The lowest BCUT2D eigenvalue weighted by atomic mass is 10.0. The molecule has 0 saturated heterocycles. The molecule has 0 bridgehead atoms. The first-order valence-electron chi connectivity index (χ1n) is 6.65. The van der Waals surface area contributed by atoms with Crippen LogP contribution in [0.5, 0.6) is 0 Å². The van der Waals surface area contributed by atoms with Gasteiger partial charge in [0.1, 0.15) is 0 Å². The zero-order valence-electron chi connectivity index (χ0n) is 11.6. The molecule has 1 N–H and O–H groups in total. The molecule has 0 aliphatic carbocycles. The number of hydrogen-bond donors (Lipinski definition) is 1. The van der Waals surface area contributed by atoms with E-state index in [4.69, 9.17) is 5.11 Å². The average Bonchev–Trinajstić information content (AvgIpc) is 2.53. The van der Waals surface area contributed by atoms with Crippen molar-refractivity contribution in [3.8, 4) is 11.1 Å². The largest absolute Gasteiger partial charge is 0.478 e. The van der Waals surface area contributed by atoms with Crippen molar-refractivity contribution in [3.05, 3.63) is 65.9 Å². The summed E-state index contributed by atoms with van der Waals surface area (Å²) in [5.74, 6) is -1.04. The first-order chi connectivity index (χ1) is 10.8. The van der Waals surface area contributed by atoms with E-state index < -0.39 is 17.7 Å². The first kappa shape index (κ1) is 15.0. The summed E-state index contributed by atoms with van der Waals surface area (Å²) < 4.78 is 37.7. The van der Waals surface area contributed by atoms with Crippen molar-refractivity contribution in [1.29, 1.82) is 0 Å². The van der Waals surface area contributed by atoms with Crippen LogP contribution in [-0.2, 0) is 6.18 Å². The van der Waals surface area contributed by atoms with Gasteiger partial charge in [-0.25, -0.2) is 4.79 Å². The summed E-state index contributed by atoms with van der Waals surface area (Å²) in [4.78, 5) is 15.1. The molecule has 0 atom stereocenters. The lowest BCUT2D eigenvalue weighted by Gasteiger charge is -2.08. The third kappa shape index (κ3) is 3.01. The van der Waals surface area contributed by atoms with Gasteiger partial charge in [0.25, 0.3) is 0 Å². The Bertz CT molecular complexity index is 886. The Labute approximate surface area is 129 Å². The predicted molar refractivity (Wildman–Crippen MR) is 79.1 cm³/mol. The molecule has 3 aromatic rings. The van der Waals surface area contributed by atoms with E-state index in [1.165, 1.54) is 30.5 Å². The van der Waals surface area contributed by atoms with E-state index in [2.05, 4.69) is 4.98 Å². The summed E-state index contributed by atoms with van der Waals surface area (Å²) >= 11 is 0. The Hall–Kier alpha value is -2.89. The third-order valence-corrected chi connectivity index (χ3v) is 3.48. The van der Waals surface area contributed by atoms with E-state index >= 15 is 0 Å². The number of benzene rings is 2. The zero-order chi connectivity index (χ0) is 16.6. The number of nitrogens with zero attached hydrogens (tertiary/aromatic N) is 1. The molecule has 0 radical (unpaired) electrons. The SMILES string of the molecule is O=C(O)c1ccc2cc(-c3ccc(C(F)(F)F)cc3)cnc2c1. The van der Waals surface area contributed by atoms with Crippen LogP contribution in [0, 0.1) is 0 Å². The second-order valence-electron chi connectivity index (χ2n) is 5.01. The van der Waals surface area contributed by atoms with Crippen molar-refractivity contribution in [2.75, 3.05) is 0 Å². The topological polar surface area (TPSA) is 50.2 Å². The van der Waals surface area contributed by atoms with Gasteiger partial charge in [-0.2, -0.15) is 13.2 Å². The molecule has 3 rings (SSSR count). The quantitative estimate of drug-likeness (QED) is 0.750. The van der Waals surface area contributed by atoms with Gasteiger partial charge in [0.2, 0.25) is 0 Å². The van der Waals surface area contributed by atoms with Crippen molar-refractivity contribution in [1.82, 2.24) is 4.98 Å². The highest BCUT2D eigenvalue weighted by molar-refractivity contribution is 5.94. The number of carboxylic acid groups (broad SMARTS) is 1. The number of aromatic nitrogens is 1. The van der Waals surface area contributed by atoms with Gasteiger partial charge in [0.15, 0.2) is 0 Å². The minimum atomic E-state index is -4.37.